The summed E-state index contributed by atoms with van der Waals surface area (Å²) in [7, 11) is 1.72. The van der Waals surface area contributed by atoms with Crippen LogP contribution in [-0.4, -0.2) is 18.1 Å². The van der Waals surface area contributed by atoms with Crippen molar-refractivity contribution in [1.29, 1.82) is 0 Å². The van der Waals surface area contributed by atoms with Crippen molar-refractivity contribution >= 4 is 0 Å². The van der Waals surface area contributed by atoms with Crippen LogP contribution in [0.5, 0.6) is 5.75 Å². The standard InChI is InChI=1S/C21H27NO/c1-23-21-14-12-19(13-15-21)17-22(20-10-6-3-7-11-20)16-18-8-4-2-5-9-18/h2,4-5,8-9,12-15,20H,3,6-7,10-11,16-17H2,1H3. The number of nitrogens with zero attached hydrogens (tertiary/aromatic N) is 1. The van der Waals surface area contributed by atoms with Crippen LogP contribution in [0.3, 0.4) is 0 Å². The van der Waals surface area contributed by atoms with Gasteiger partial charge in [-0.25, -0.2) is 0 Å². The summed E-state index contributed by atoms with van der Waals surface area (Å²) in [6.07, 6.45) is 6.82. The molecule has 23 heavy (non-hydrogen) atoms. The van der Waals surface area contributed by atoms with Crippen molar-refractivity contribution in [3.8, 4) is 5.75 Å². The molecule has 0 aromatic heterocycles. The molecule has 0 bridgehead atoms. The molecule has 1 fully saturated rings. The summed E-state index contributed by atoms with van der Waals surface area (Å²) in [6, 6.07) is 20.1. The monoisotopic (exact) mass is 309 g/mol. The number of ether oxygens (including phenoxy) is 1. The first-order valence-corrected chi connectivity index (χ1v) is 8.76. The van der Waals surface area contributed by atoms with Gasteiger partial charge in [-0.15, -0.1) is 0 Å². The average Bonchev–Trinajstić information content (AvgIpc) is 2.63. The van der Waals surface area contributed by atoms with Crippen molar-refractivity contribution < 1.29 is 4.74 Å². The number of rotatable bonds is 6. The fourth-order valence-corrected chi connectivity index (χ4v) is 3.54. The van der Waals surface area contributed by atoms with E-state index in [0.717, 1.165) is 18.8 Å². The number of hydrogen-bond acceptors (Lipinski definition) is 2. The van der Waals surface area contributed by atoms with Gasteiger partial charge in [-0.05, 0) is 36.1 Å². The third kappa shape index (κ3) is 4.59. The molecule has 0 saturated heterocycles. The van der Waals surface area contributed by atoms with Crippen molar-refractivity contribution in [1.82, 2.24) is 4.90 Å². The van der Waals surface area contributed by atoms with E-state index in [1.807, 2.05) is 0 Å². The van der Waals surface area contributed by atoms with Crippen molar-refractivity contribution in [2.75, 3.05) is 7.11 Å². The molecule has 2 heteroatoms. The molecule has 122 valence electrons. The second-order valence-corrected chi connectivity index (χ2v) is 6.53. The molecule has 0 heterocycles. The summed E-state index contributed by atoms with van der Waals surface area (Å²) >= 11 is 0. The van der Waals surface area contributed by atoms with Gasteiger partial charge in [0.1, 0.15) is 5.75 Å². The average molecular weight is 309 g/mol. The van der Waals surface area contributed by atoms with E-state index >= 15 is 0 Å². The molecular weight excluding hydrogens is 282 g/mol. The second kappa shape index (κ2) is 8.16. The van der Waals surface area contributed by atoms with Crippen LogP contribution in [0.15, 0.2) is 54.6 Å². The molecule has 2 aromatic rings. The number of benzene rings is 2. The summed E-state index contributed by atoms with van der Waals surface area (Å²) in [5.74, 6) is 0.932. The molecule has 1 aliphatic carbocycles. The third-order valence-electron chi connectivity index (χ3n) is 4.86. The van der Waals surface area contributed by atoms with Crippen molar-refractivity contribution in [3.63, 3.8) is 0 Å². The smallest absolute Gasteiger partial charge is 0.118 e. The topological polar surface area (TPSA) is 12.5 Å². The van der Waals surface area contributed by atoms with Gasteiger partial charge < -0.3 is 4.74 Å². The molecule has 0 atom stereocenters. The van der Waals surface area contributed by atoms with E-state index < -0.39 is 0 Å². The summed E-state index contributed by atoms with van der Waals surface area (Å²) in [6.45, 7) is 2.06. The van der Waals surface area contributed by atoms with Crippen LogP contribution in [0, 0.1) is 0 Å². The maximum absolute atomic E-state index is 5.27. The second-order valence-electron chi connectivity index (χ2n) is 6.53. The van der Waals surface area contributed by atoms with Crippen molar-refractivity contribution in [2.24, 2.45) is 0 Å². The van der Waals surface area contributed by atoms with Crippen LogP contribution in [0.25, 0.3) is 0 Å². The summed E-state index contributed by atoms with van der Waals surface area (Å²) in [4.78, 5) is 2.66. The Morgan fingerprint density at radius 2 is 1.43 bits per heavy atom. The zero-order chi connectivity index (χ0) is 15.9. The Bertz CT molecular complexity index is 573. The van der Waals surface area contributed by atoms with E-state index in [9.17, 15) is 0 Å². The summed E-state index contributed by atoms with van der Waals surface area (Å²) in [5, 5.41) is 0. The van der Waals surface area contributed by atoms with E-state index in [2.05, 4.69) is 59.5 Å². The fourth-order valence-electron chi connectivity index (χ4n) is 3.54. The Hall–Kier alpha value is -1.80. The van der Waals surface area contributed by atoms with Gasteiger partial charge in [0.2, 0.25) is 0 Å². The Kier molecular flexibility index (Phi) is 5.71. The predicted molar refractivity (Wildman–Crippen MR) is 95.6 cm³/mol. The Balaban J connectivity index is 1.73. The molecule has 1 aliphatic rings. The van der Waals surface area contributed by atoms with E-state index in [0.29, 0.717) is 6.04 Å². The minimum Gasteiger partial charge on any atom is -0.497 e. The molecule has 0 unspecified atom stereocenters. The molecule has 2 aromatic carbocycles. The SMILES string of the molecule is COc1ccc(CN(Cc2ccccc2)C2CCCCC2)cc1. The highest BCUT2D eigenvalue weighted by atomic mass is 16.5. The fraction of sp³-hybridized carbons (Fsp3) is 0.429. The normalized spacial score (nSPS) is 15.7. The van der Waals surface area contributed by atoms with Gasteiger partial charge in [0.25, 0.3) is 0 Å². The molecule has 1 saturated carbocycles. The van der Waals surface area contributed by atoms with Gasteiger partial charge in [-0.3, -0.25) is 4.90 Å². The van der Waals surface area contributed by atoms with E-state index in [1.165, 1.54) is 43.2 Å². The van der Waals surface area contributed by atoms with E-state index in [4.69, 9.17) is 4.74 Å². The van der Waals surface area contributed by atoms with Crippen LogP contribution in [0.4, 0.5) is 0 Å². The number of hydrogen-bond donors (Lipinski definition) is 0. The molecule has 0 amide bonds. The molecule has 0 radical (unpaired) electrons. The first-order chi connectivity index (χ1) is 11.3. The van der Waals surface area contributed by atoms with E-state index in [1.54, 1.807) is 7.11 Å². The van der Waals surface area contributed by atoms with Gasteiger partial charge >= 0.3 is 0 Å². The lowest BCUT2D eigenvalue weighted by Crippen LogP contribution is -2.35. The number of methoxy groups -OCH3 is 1. The molecular formula is C21H27NO. The molecule has 0 aliphatic heterocycles. The maximum atomic E-state index is 5.27. The lowest BCUT2D eigenvalue weighted by molar-refractivity contribution is 0.140. The van der Waals surface area contributed by atoms with Gasteiger partial charge in [-0.1, -0.05) is 61.7 Å². The Morgan fingerprint density at radius 3 is 2.04 bits per heavy atom. The van der Waals surface area contributed by atoms with Crippen LogP contribution in [-0.2, 0) is 13.1 Å². The molecule has 0 N–H and O–H groups in total. The first kappa shape index (κ1) is 16.1. The van der Waals surface area contributed by atoms with Gasteiger partial charge in [-0.2, -0.15) is 0 Å². The van der Waals surface area contributed by atoms with Crippen molar-refractivity contribution in [2.45, 2.75) is 51.2 Å². The maximum Gasteiger partial charge on any atom is 0.118 e. The lowest BCUT2D eigenvalue weighted by Gasteiger charge is -2.34. The largest absolute Gasteiger partial charge is 0.497 e. The quantitative estimate of drug-likeness (QED) is 0.742. The Labute approximate surface area is 140 Å². The van der Waals surface area contributed by atoms with Crippen LogP contribution in [0.2, 0.25) is 0 Å². The predicted octanol–water partition coefficient (Wildman–Crippen LogP) is 5.03. The molecule has 3 rings (SSSR count). The highest BCUT2D eigenvalue weighted by Gasteiger charge is 2.21. The highest BCUT2D eigenvalue weighted by molar-refractivity contribution is 5.27. The van der Waals surface area contributed by atoms with Gasteiger partial charge in [0.15, 0.2) is 0 Å². The Morgan fingerprint density at radius 1 is 0.826 bits per heavy atom. The van der Waals surface area contributed by atoms with Crippen LogP contribution < -0.4 is 4.74 Å². The highest BCUT2D eigenvalue weighted by Crippen LogP contribution is 2.26. The molecule has 0 spiro atoms. The lowest BCUT2D eigenvalue weighted by atomic mass is 9.93. The van der Waals surface area contributed by atoms with Gasteiger partial charge in [0.05, 0.1) is 7.11 Å². The summed E-state index contributed by atoms with van der Waals surface area (Å²) in [5.41, 5.74) is 2.78. The van der Waals surface area contributed by atoms with Gasteiger partial charge in [0, 0.05) is 19.1 Å². The van der Waals surface area contributed by atoms with E-state index in [-0.39, 0.29) is 0 Å². The minimum atomic E-state index is 0.714. The van der Waals surface area contributed by atoms with Crippen molar-refractivity contribution in [3.05, 3.63) is 65.7 Å². The van der Waals surface area contributed by atoms with Crippen LogP contribution in [0.1, 0.15) is 43.2 Å². The van der Waals surface area contributed by atoms with Crippen LogP contribution >= 0.6 is 0 Å². The molecule has 2 nitrogen and oxygen atoms in total. The zero-order valence-corrected chi connectivity index (χ0v) is 14.1. The third-order valence-corrected chi connectivity index (χ3v) is 4.86. The first-order valence-electron chi connectivity index (χ1n) is 8.76. The summed E-state index contributed by atoms with van der Waals surface area (Å²) < 4.78 is 5.27. The zero-order valence-electron chi connectivity index (χ0n) is 14.1. The minimum absolute atomic E-state index is 0.714.